The van der Waals surface area contributed by atoms with Crippen molar-refractivity contribution in [2.24, 2.45) is 5.92 Å². The predicted molar refractivity (Wildman–Crippen MR) is 76.4 cm³/mol. The van der Waals surface area contributed by atoms with E-state index < -0.39 is 0 Å². The molecule has 3 nitrogen and oxygen atoms in total. The molecule has 0 saturated carbocycles. The van der Waals surface area contributed by atoms with Crippen molar-refractivity contribution in [3.05, 3.63) is 24.3 Å². The first-order valence-corrected chi connectivity index (χ1v) is 6.71. The van der Waals surface area contributed by atoms with E-state index in [-0.39, 0.29) is 5.92 Å². The van der Waals surface area contributed by atoms with E-state index in [9.17, 15) is 4.79 Å². The molecule has 1 aliphatic rings. The zero-order valence-corrected chi connectivity index (χ0v) is 11.5. The molecule has 98 valence electrons. The average molecular weight is 246 g/mol. The van der Waals surface area contributed by atoms with E-state index in [1.54, 1.807) is 0 Å². The Kier molecular flexibility index (Phi) is 3.90. The van der Waals surface area contributed by atoms with Crippen LogP contribution in [0.25, 0.3) is 0 Å². The van der Waals surface area contributed by atoms with Crippen LogP contribution in [0.3, 0.4) is 0 Å². The molecule has 0 radical (unpaired) electrons. The Balaban J connectivity index is 2.16. The number of benzene rings is 1. The third-order valence-electron chi connectivity index (χ3n) is 3.85. The number of carbonyl (C=O) groups is 1. The highest BCUT2D eigenvalue weighted by atomic mass is 16.1. The Bertz CT molecular complexity index is 430. The summed E-state index contributed by atoms with van der Waals surface area (Å²) in [6.45, 7) is 6.53. The summed E-state index contributed by atoms with van der Waals surface area (Å²) in [5, 5.41) is 0. The SMILES string of the molecule is CCC(C)C(=O)CN1CCN(C)c2ccccc21. The zero-order chi connectivity index (χ0) is 13.1. The van der Waals surface area contributed by atoms with Crippen LogP contribution < -0.4 is 9.80 Å². The molecule has 1 aromatic rings. The number of para-hydroxylation sites is 2. The Labute approximate surface area is 109 Å². The Hall–Kier alpha value is -1.51. The number of likely N-dealkylation sites (N-methyl/N-ethyl adjacent to an activating group) is 1. The standard InChI is InChI=1S/C15H22N2O/c1-4-12(2)15(18)11-17-10-9-16(3)13-7-5-6-8-14(13)17/h5-8,12H,4,9-11H2,1-3H3. The van der Waals surface area contributed by atoms with E-state index in [2.05, 4.69) is 42.0 Å². The maximum absolute atomic E-state index is 12.1. The summed E-state index contributed by atoms with van der Waals surface area (Å²) in [5.74, 6) is 0.508. The van der Waals surface area contributed by atoms with Crippen LogP contribution in [0.2, 0.25) is 0 Å². The van der Waals surface area contributed by atoms with Crippen molar-refractivity contribution < 1.29 is 4.79 Å². The molecule has 0 N–H and O–H groups in total. The third kappa shape index (κ3) is 2.50. The van der Waals surface area contributed by atoms with Crippen LogP contribution in [0, 0.1) is 5.92 Å². The largest absolute Gasteiger partial charge is 0.371 e. The highest BCUT2D eigenvalue weighted by molar-refractivity contribution is 5.87. The number of Topliss-reactive ketones (excluding diaryl/α,β-unsaturated/α-hetero) is 1. The van der Waals surface area contributed by atoms with Gasteiger partial charge in [0, 0.05) is 26.1 Å². The number of carbonyl (C=O) groups excluding carboxylic acids is 1. The summed E-state index contributed by atoms with van der Waals surface area (Å²) >= 11 is 0. The molecule has 1 aromatic carbocycles. The summed E-state index contributed by atoms with van der Waals surface area (Å²) in [4.78, 5) is 16.5. The highest BCUT2D eigenvalue weighted by Crippen LogP contribution is 2.31. The van der Waals surface area contributed by atoms with E-state index in [1.165, 1.54) is 11.4 Å². The maximum atomic E-state index is 12.1. The van der Waals surface area contributed by atoms with E-state index in [0.717, 1.165) is 19.5 Å². The van der Waals surface area contributed by atoms with E-state index >= 15 is 0 Å². The zero-order valence-electron chi connectivity index (χ0n) is 11.5. The van der Waals surface area contributed by atoms with Crippen molar-refractivity contribution in [2.75, 3.05) is 36.5 Å². The number of hydrogen-bond donors (Lipinski definition) is 0. The van der Waals surface area contributed by atoms with Crippen molar-refractivity contribution in [3.8, 4) is 0 Å². The van der Waals surface area contributed by atoms with E-state index in [1.807, 2.05) is 13.0 Å². The maximum Gasteiger partial charge on any atom is 0.154 e. The summed E-state index contributed by atoms with van der Waals surface area (Å²) in [5.41, 5.74) is 2.41. The van der Waals surface area contributed by atoms with Crippen LogP contribution in [0.1, 0.15) is 20.3 Å². The summed E-state index contributed by atoms with van der Waals surface area (Å²) < 4.78 is 0. The van der Waals surface area contributed by atoms with Gasteiger partial charge in [0.15, 0.2) is 5.78 Å². The molecule has 0 saturated heterocycles. The smallest absolute Gasteiger partial charge is 0.154 e. The first-order chi connectivity index (χ1) is 8.63. The van der Waals surface area contributed by atoms with E-state index in [4.69, 9.17) is 0 Å². The van der Waals surface area contributed by atoms with Crippen molar-refractivity contribution in [1.29, 1.82) is 0 Å². The molecule has 1 aliphatic heterocycles. The van der Waals surface area contributed by atoms with Gasteiger partial charge in [0.25, 0.3) is 0 Å². The summed E-state index contributed by atoms with van der Waals surface area (Å²) in [6, 6.07) is 8.32. The van der Waals surface area contributed by atoms with Gasteiger partial charge < -0.3 is 9.80 Å². The monoisotopic (exact) mass is 246 g/mol. The van der Waals surface area contributed by atoms with Crippen molar-refractivity contribution in [2.45, 2.75) is 20.3 Å². The van der Waals surface area contributed by atoms with Gasteiger partial charge in [-0.05, 0) is 18.6 Å². The molecule has 0 aromatic heterocycles. The molecule has 0 amide bonds. The first-order valence-electron chi connectivity index (χ1n) is 6.71. The fourth-order valence-electron chi connectivity index (χ4n) is 2.30. The van der Waals surface area contributed by atoms with Crippen LogP contribution in [0.5, 0.6) is 0 Å². The molecule has 0 aliphatic carbocycles. The van der Waals surface area contributed by atoms with Gasteiger partial charge in [-0.2, -0.15) is 0 Å². The summed E-state index contributed by atoms with van der Waals surface area (Å²) in [6.07, 6.45) is 0.925. The molecule has 0 fully saturated rings. The number of ketones is 1. The molecule has 0 bridgehead atoms. The number of anilines is 2. The number of hydrogen-bond acceptors (Lipinski definition) is 3. The lowest BCUT2D eigenvalue weighted by Gasteiger charge is -2.37. The third-order valence-corrected chi connectivity index (χ3v) is 3.85. The quantitative estimate of drug-likeness (QED) is 0.815. The van der Waals surface area contributed by atoms with E-state index in [0.29, 0.717) is 12.3 Å². The van der Waals surface area contributed by atoms with Gasteiger partial charge in [0.2, 0.25) is 0 Å². The Morgan fingerprint density at radius 3 is 2.61 bits per heavy atom. The molecule has 18 heavy (non-hydrogen) atoms. The molecular weight excluding hydrogens is 224 g/mol. The molecule has 3 heteroatoms. The van der Waals surface area contributed by atoms with Gasteiger partial charge >= 0.3 is 0 Å². The second-order valence-corrected chi connectivity index (χ2v) is 5.11. The number of nitrogens with zero attached hydrogens (tertiary/aromatic N) is 2. The topological polar surface area (TPSA) is 23.6 Å². The molecule has 1 heterocycles. The minimum Gasteiger partial charge on any atom is -0.371 e. The fraction of sp³-hybridized carbons (Fsp3) is 0.533. The second kappa shape index (κ2) is 5.42. The normalized spacial score (nSPS) is 16.4. The lowest BCUT2D eigenvalue weighted by atomic mass is 10.0. The first kappa shape index (κ1) is 12.9. The highest BCUT2D eigenvalue weighted by Gasteiger charge is 2.22. The van der Waals surface area contributed by atoms with Crippen LogP contribution in [-0.2, 0) is 4.79 Å². The number of fused-ring (bicyclic) bond motifs is 1. The Morgan fingerprint density at radius 1 is 1.28 bits per heavy atom. The molecular formula is C15H22N2O. The van der Waals surface area contributed by atoms with Gasteiger partial charge in [-0.1, -0.05) is 26.0 Å². The average Bonchev–Trinajstić information content (AvgIpc) is 2.41. The van der Waals surface area contributed by atoms with Crippen LogP contribution >= 0.6 is 0 Å². The van der Waals surface area contributed by atoms with Gasteiger partial charge in [-0.3, -0.25) is 4.79 Å². The van der Waals surface area contributed by atoms with Gasteiger partial charge in [0.1, 0.15) is 0 Å². The van der Waals surface area contributed by atoms with Crippen LogP contribution in [0.15, 0.2) is 24.3 Å². The van der Waals surface area contributed by atoms with Crippen molar-refractivity contribution in [1.82, 2.24) is 0 Å². The van der Waals surface area contributed by atoms with Crippen molar-refractivity contribution >= 4 is 17.2 Å². The van der Waals surface area contributed by atoms with Crippen LogP contribution in [0.4, 0.5) is 11.4 Å². The second-order valence-electron chi connectivity index (χ2n) is 5.11. The molecule has 2 rings (SSSR count). The van der Waals surface area contributed by atoms with Crippen LogP contribution in [-0.4, -0.2) is 32.5 Å². The summed E-state index contributed by atoms with van der Waals surface area (Å²) in [7, 11) is 2.10. The lowest BCUT2D eigenvalue weighted by Crippen LogP contribution is -2.42. The molecule has 1 atom stereocenters. The van der Waals surface area contributed by atoms with Gasteiger partial charge in [-0.15, -0.1) is 0 Å². The van der Waals surface area contributed by atoms with Gasteiger partial charge in [-0.25, -0.2) is 0 Å². The Morgan fingerprint density at radius 2 is 1.94 bits per heavy atom. The molecule has 0 spiro atoms. The van der Waals surface area contributed by atoms with Crippen molar-refractivity contribution in [3.63, 3.8) is 0 Å². The minimum absolute atomic E-state index is 0.164. The molecule has 1 unspecified atom stereocenters. The van der Waals surface area contributed by atoms with Gasteiger partial charge in [0.05, 0.1) is 17.9 Å². The fourth-order valence-corrected chi connectivity index (χ4v) is 2.30. The predicted octanol–water partition coefficient (Wildman–Crippen LogP) is 2.56. The number of rotatable bonds is 4. The minimum atomic E-state index is 0.164. The lowest BCUT2D eigenvalue weighted by molar-refractivity contribution is -0.121.